The Hall–Kier alpha value is -1.23. The van der Waals surface area contributed by atoms with Gasteiger partial charge in [0.2, 0.25) is 0 Å². The minimum atomic E-state index is -1.44. The van der Waals surface area contributed by atoms with Crippen LogP contribution in [0.2, 0.25) is 13.1 Å². The molecular formula is C19H29NOSSi. The second kappa shape index (κ2) is 8.57. The Morgan fingerprint density at radius 3 is 2.13 bits per heavy atom. The molecule has 126 valence electrons. The van der Waals surface area contributed by atoms with Crippen LogP contribution in [0.3, 0.4) is 0 Å². The van der Waals surface area contributed by atoms with E-state index in [9.17, 15) is 5.11 Å². The topological polar surface area (TPSA) is 46.2 Å². The Kier molecular flexibility index (Phi) is 7.38. The van der Waals surface area contributed by atoms with Gasteiger partial charge in [0.25, 0.3) is 0 Å². The first-order chi connectivity index (χ1) is 10.8. The van der Waals surface area contributed by atoms with Crippen molar-refractivity contribution in [2.24, 2.45) is 5.73 Å². The molecule has 0 aliphatic rings. The molecule has 0 unspecified atom stereocenters. The maximum atomic E-state index is 9.91. The van der Waals surface area contributed by atoms with Crippen LogP contribution >= 0.6 is 11.8 Å². The summed E-state index contributed by atoms with van der Waals surface area (Å²) in [4.78, 5) is 1.34. The molecule has 0 heterocycles. The molecule has 0 atom stereocenters. The minimum Gasteiger partial charge on any atom is -0.508 e. The maximum Gasteiger partial charge on any atom is 0.119 e. The van der Waals surface area contributed by atoms with Crippen LogP contribution in [0.5, 0.6) is 5.75 Å². The predicted octanol–water partition coefficient (Wildman–Crippen LogP) is 4.14. The second-order valence-corrected chi connectivity index (χ2v) is 12.5. The third-order valence-electron chi connectivity index (χ3n) is 4.13. The molecule has 2 nitrogen and oxygen atoms in total. The van der Waals surface area contributed by atoms with Crippen molar-refractivity contribution < 1.29 is 5.11 Å². The Morgan fingerprint density at radius 1 is 1.00 bits per heavy atom. The van der Waals surface area contributed by atoms with Gasteiger partial charge in [-0.15, -0.1) is 11.8 Å². The predicted molar refractivity (Wildman–Crippen MR) is 107 cm³/mol. The Bertz CT molecular complexity index is 642. The zero-order chi connectivity index (χ0) is 17.6. The van der Waals surface area contributed by atoms with Gasteiger partial charge in [0.05, 0.1) is 8.07 Å². The number of thioether (sulfide) groups is 1. The van der Waals surface area contributed by atoms with Crippen molar-refractivity contribution in [1.82, 2.24) is 0 Å². The molecule has 2 rings (SSSR count). The highest BCUT2D eigenvalue weighted by atomic mass is 32.2. The lowest BCUT2D eigenvalue weighted by molar-refractivity contribution is 0.469. The van der Waals surface area contributed by atoms with Gasteiger partial charge >= 0.3 is 0 Å². The number of benzene rings is 2. The highest BCUT2D eigenvalue weighted by Gasteiger charge is 2.24. The lowest BCUT2D eigenvalue weighted by atomic mass is 10.1. The van der Waals surface area contributed by atoms with Crippen molar-refractivity contribution in [1.29, 1.82) is 0 Å². The lowest BCUT2D eigenvalue weighted by Gasteiger charge is -2.24. The average Bonchev–Trinajstić information content (AvgIpc) is 2.55. The van der Waals surface area contributed by atoms with E-state index in [2.05, 4.69) is 63.0 Å². The van der Waals surface area contributed by atoms with Gasteiger partial charge in [-0.25, -0.2) is 0 Å². The first-order valence-electron chi connectivity index (χ1n) is 7.89. The molecule has 0 saturated heterocycles. The quantitative estimate of drug-likeness (QED) is 0.645. The van der Waals surface area contributed by atoms with E-state index in [0.29, 0.717) is 5.75 Å². The van der Waals surface area contributed by atoms with E-state index in [-0.39, 0.29) is 0 Å². The summed E-state index contributed by atoms with van der Waals surface area (Å²) in [5.74, 6) is 0.411. The lowest BCUT2D eigenvalue weighted by Crippen LogP contribution is -2.44. The van der Waals surface area contributed by atoms with E-state index in [4.69, 9.17) is 0 Å². The number of hydrogen-bond donors (Lipinski definition) is 2. The largest absolute Gasteiger partial charge is 0.508 e. The Morgan fingerprint density at radius 2 is 1.57 bits per heavy atom. The van der Waals surface area contributed by atoms with Crippen LogP contribution in [0.15, 0.2) is 41.3 Å². The van der Waals surface area contributed by atoms with Crippen LogP contribution in [-0.2, 0) is 0 Å². The molecule has 2 aromatic rings. The first-order valence-corrected chi connectivity index (χ1v) is 12.1. The number of hydrogen-bond acceptors (Lipinski definition) is 3. The van der Waals surface area contributed by atoms with Gasteiger partial charge in [-0.1, -0.05) is 48.6 Å². The molecule has 4 heteroatoms. The molecule has 2 aromatic carbocycles. The number of aryl methyl sites for hydroxylation is 1. The average molecular weight is 348 g/mol. The van der Waals surface area contributed by atoms with Crippen molar-refractivity contribution in [2.45, 2.75) is 38.8 Å². The highest BCUT2D eigenvalue weighted by molar-refractivity contribution is 8.01. The minimum absolute atomic E-state index is 0.411. The van der Waals surface area contributed by atoms with Crippen LogP contribution in [0.25, 0.3) is 0 Å². The standard InChI is InChI=1S/C18H24OSSi.CH5N/c1-13-11-17(19)14(2)15(3)18(13)20-12-21(4,5)16-9-7-6-8-10-16;1-2/h6-11,19H,12H2,1-5H3;2H2,1H3. The molecule has 23 heavy (non-hydrogen) atoms. The molecule has 0 bridgehead atoms. The molecule has 0 saturated carbocycles. The summed E-state index contributed by atoms with van der Waals surface area (Å²) < 4.78 is 0. The van der Waals surface area contributed by atoms with Crippen LogP contribution < -0.4 is 10.9 Å². The fourth-order valence-electron chi connectivity index (χ4n) is 2.48. The Labute approximate surface area is 146 Å². The first kappa shape index (κ1) is 19.8. The number of rotatable bonds is 4. The van der Waals surface area contributed by atoms with E-state index in [1.165, 1.54) is 28.3 Å². The SMILES string of the molecule is CN.Cc1cc(O)c(C)c(C)c1SC[Si](C)(C)c1ccccc1. The van der Waals surface area contributed by atoms with E-state index >= 15 is 0 Å². The summed E-state index contributed by atoms with van der Waals surface area (Å²) in [6.07, 6.45) is 0. The summed E-state index contributed by atoms with van der Waals surface area (Å²) in [5, 5.41) is 12.6. The number of phenolic OH excluding ortho intramolecular Hbond substituents is 1. The zero-order valence-corrected chi connectivity index (χ0v) is 16.9. The molecular weight excluding hydrogens is 318 g/mol. The maximum absolute atomic E-state index is 9.91. The van der Waals surface area contributed by atoms with E-state index in [0.717, 1.165) is 10.9 Å². The van der Waals surface area contributed by atoms with Crippen LogP contribution in [0.1, 0.15) is 16.7 Å². The second-order valence-electron chi connectivity index (χ2n) is 6.33. The van der Waals surface area contributed by atoms with Crippen molar-refractivity contribution in [3.05, 3.63) is 53.1 Å². The van der Waals surface area contributed by atoms with Crippen molar-refractivity contribution in [3.8, 4) is 5.75 Å². The van der Waals surface area contributed by atoms with Gasteiger partial charge in [-0.2, -0.15) is 0 Å². The number of aromatic hydroxyl groups is 1. The van der Waals surface area contributed by atoms with Crippen molar-refractivity contribution in [2.75, 3.05) is 12.4 Å². The van der Waals surface area contributed by atoms with Gasteiger partial charge in [0, 0.05) is 4.90 Å². The smallest absolute Gasteiger partial charge is 0.119 e. The monoisotopic (exact) mass is 347 g/mol. The van der Waals surface area contributed by atoms with Gasteiger partial charge in [0.1, 0.15) is 5.75 Å². The summed E-state index contributed by atoms with van der Waals surface area (Å²) in [6, 6.07) is 12.8. The number of phenols is 1. The third kappa shape index (κ3) is 4.87. The molecule has 0 aliphatic carbocycles. The molecule has 0 radical (unpaired) electrons. The Balaban J connectivity index is 0.00000127. The van der Waals surface area contributed by atoms with Crippen molar-refractivity contribution in [3.63, 3.8) is 0 Å². The van der Waals surface area contributed by atoms with E-state index in [1.807, 2.05) is 24.8 Å². The summed E-state index contributed by atoms with van der Waals surface area (Å²) in [7, 11) is 0.0614. The third-order valence-corrected chi connectivity index (χ3v) is 10.4. The van der Waals surface area contributed by atoms with Gasteiger partial charge in [-0.3, -0.25) is 0 Å². The van der Waals surface area contributed by atoms with Gasteiger partial charge in [-0.05, 0) is 56.0 Å². The fraction of sp³-hybridized carbons (Fsp3) is 0.368. The van der Waals surface area contributed by atoms with Gasteiger partial charge in [0.15, 0.2) is 0 Å². The zero-order valence-electron chi connectivity index (χ0n) is 15.1. The summed E-state index contributed by atoms with van der Waals surface area (Å²) >= 11 is 1.95. The molecule has 0 aromatic heterocycles. The normalized spacial score (nSPS) is 10.9. The molecule has 0 fully saturated rings. The van der Waals surface area contributed by atoms with Crippen LogP contribution in [0.4, 0.5) is 0 Å². The van der Waals surface area contributed by atoms with Crippen LogP contribution in [0, 0.1) is 20.8 Å². The summed E-state index contributed by atoms with van der Waals surface area (Å²) in [5.41, 5.74) is 7.90. The molecule has 3 N–H and O–H groups in total. The molecule has 0 aliphatic heterocycles. The van der Waals surface area contributed by atoms with E-state index < -0.39 is 8.07 Å². The molecule has 0 amide bonds. The molecule has 0 spiro atoms. The van der Waals surface area contributed by atoms with E-state index in [1.54, 1.807) is 0 Å². The van der Waals surface area contributed by atoms with Crippen LogP contribution in [-0.4, -0.2) is 25.6 Å². The number of nitrogens with two attached hydrogens (primary N) is 1. The van der Waals surface area contributed by atoms with Gasteiger partial charge < -0.3 is 10.8 Å². The summed E-state index contributed by atoms with van der Waals surface area (Å²) in [6.45, 7) is 11.0. The fourth-order valence-corrected chi connectivity index (χ4v) is 6.92. The highest BCUT2D eigenvalue weighted by Crippen LogP contribution is 2.34. The van der Waals surface area contributed by atoms with Crippen molar-refractivity contribution >= 4 is 25.0 Å².